The van der Waals surface area contributed by atoms with Gasteiger partial charge >= 0.3 is 6.03 Å². The lowest BCUT2D eigenvalue weighted by atomic mass is 10.2. The van der Waals surface area contributed by atoms with Crippen LogP contribution < -0.4 is 10.1 Å². The predicted molar refractivity (Wildman–Crippen MR) is 95.6 cm³/mol. The van der Waals surface area contributed by atoms with Gasteiger partial charge in [0.05, 0.1) is 12.2 Å². The van der Waals surface area contributed by atoms with Gasteiger partial charge in [0.25, 0.3) is 0 Å². The second-order valence-corrected chi connectivity index (χ2v) is 6.27. The number of nitrogens with one attached hydrogen (secondary N) is 1. The zero-order chi connectivity index (χ0) is 17.6. The summed E-state index contributed by atoms with van der Waals surface area (Å²) in [5.74, 6) is 0.746. The first-order chi connectivity index (χ1) is 12.1. The molecule has 1 fully saturated rings. The molecular weight excluding hydrogens is 318 g/mol. The number of hydrogen-bond donors (Lipinski definition) is 1. The molecule has 2 aromatic rings. The number of rotatable bonds is 4. The van der Waals surface area contributed by atoms with Gasteiger partial charge in [-0.15, -0.1) is 0 Å². The molecule has 1 aromatic heterocycles. The quantitative estimate of drug-likeness (QED) is 0.927. The number of anilines is 1. The van der Waals surface area contributed by atoms with Crippen molar-refractivity contribution in [3.05, 3.63) is 54.4 Å². The van der Waals surface area contributed by atoms with Gasteiger partial charge in [-0.3, -0.25) is 4.98 Å². The number of aromatic nitrogens is 1. The van der Waals surface area contributed by atoms with Crippen molar-refractivity contribution < 1.29 is 14.3 Å². The average molecular weight is 341 g/mol. The second-order valence-electron chi connectivity index (χ2n) is 6.27. The molecule has 0 aliphatic carbocycles. The number of carbonyl (C=O) groups excluding carboxylic acids is 1. The number of morpholine rings is 1. The van der Waals surface area contributed by atoms with Crippen LogP contribution in [0.3, 0.4) is 0 Å². The Balaban J connectivity index is 1.52. The molecule has 1 aromatic carbocycles. The van der Waals surface area contributed by atoms with Crippen molar-refractivity contribution in [1.29, 1.82) is 0 Å². The summed E-state index contributed by atoms with van der Waals surface area (Å²) >= 11 is 0. The molecule has 0 spiro atoms. The van der Waals surface area contributed by atoms with Crippen LogP contribution in [0.2, 0.25) is 0 Å². The number of urea groups is 1. The zero-order valence-corrected chi connectivity index (χ0v) is 14.5. The van der Waals surface area contributed by atoms with Crippen LogP contribution in [0.1, 0.15) is 19.4 Å². The first kappa shape index (κ1) is 17.2. The van der Waals surface area contributed by atoms with Gasteiger partial charge in [0.2, 0.25) is 0 Å². The van der Waals surface area contributed by atoms with Gasteiger partial charge in [-0.2, -0.15) is 0 Å². The summed E-state index contributed by atoms with van der Waals surface area (Å²) in [6.07, 6.45) is 3.62. The highest BCUT2D eigenvalue weighted by Gasteiger charge is 2.25. The predicted octanol–water partition coefficient (Wildman–Crippen LogP) is 3.30. The lowest BCUT2D eigenvalue weighted by molar-refractivity contribution is -0.0530. The molecule has 2 atom stereocenters. The Morgan fingerprint density at radius 2 is 1.96 bits per heavy atom. The maximum atomic E-state index is 12.4. The lowest BCUT2D eigenvalue weighted by Crippen LogP contribution is -2.49. The number of carbonyl (C=O) groups is 1. The zero-order valence-electron chi connectivity index (χ0n) is 14.5. The molecule has 132 valence electrons. The van der Waals surface area contributed by atoms with Crippen molar-refractivity contribution in [2.45, 2.75) is 32.7 Å². The Hall–Kier alpha value is -2.60. The van der Waals surface area contributed by atoms with Crippen LogP contribution in [0, 0.1) is 0 Å². The van der Waals surface area contributed by atoms with E-state index in [4.69, 9.17) is 9.47 Å². The summed E-state index contributed by atoms with van der Waals surface area (Å²) in [4.78, 5) is 18.2. The number of hydrogen-bond acceptors (Lipinski definition) is 4. The van der Waals surface area contributed by atoms with Gasteiger partial charge in [0, 0.05) is 36.7 Å². The van der Waals surface area contributed by atoms with Crippen molar-refractivity contribution in [1.82, 2.24) is 9.88 Å². The highest BCUT2D eigenvalue weighted by atomic mass is 16.5. The molecule has 0 unspecified atom stereocenters. The van der Waals surface area contributed by atoms with Gasteiger partial charge < -0.3 is 19.7 Å². The van der Waals surface area contributed by atoms with Gasteiger partial charge in [-0.1, -0.05) is 6.07 Å². The SMILES string of the molecule is C[C@@H]1CN(C(=O)Nc2ccc(OCc3cccnc3)cc2)C[C@@H](C)O1. The van der Waals surface area contributed by atoms with Crippen LogP contribution in [-0.2, 0) is 11.3 Å². The monoisotopic (exact) mass is 341 g/mol. The van der Waals surface area contributed by atoms with E-state index in [1.807, 2.05) is 50.2 Å². The highest BCUT2D eigenvalue weighted by Crippen LogP contribution is 2.18. The second kappa shape index (κ2) is 7.98. The van der Waals surface area contributed by atoms with Crippen molar-refractivity contribution >= 4 is 11.7 Å². The Kier molecular flexibility index (Phi) is 5.50. The number of ether oxygens (including phenoxy) is 2. The van der Waals surface area contributed by atoms with Crippen LogP contribution in [0.4, 0.5) is 10.5 Å². The molecule has 6 nitrogen and oxygen atoms in total. The molecule has 1 aliphatic heterocycles. The van der Waals surface area contributed by atoms with Crippen LogP contribution >= 0.6 is 0 Å². The molecule has 0 bridgehead atoms. The number of pyridine rings is 1. The van der Waals surface area contributed by atoms with Crippen LogP contribution in [0.5, 0.6) is 5.75 Å². The van der Waals surface area contributed by atoms with E-state index in [9.17, 15) is 4.79 Å². The first-order valence-electron chi connectivity index (χ1n) is 8.43. The third kappa shape index (κ3) is 4.93. The number of benzene rings is 1. The average Bonchev–Trinajstić information content (AvgIpc) is 2.61. The van der Waals surface area contributed by atoms with Crippen LogP contribution in [-0.4, -0.2) is 41.2 Å². The summed E-state index contributed by atoms with van der Waals surface area (Å²) < 4.78 is 11.4. The normalized spacial score (nSPS) is 20.2. The number of amides is 2. The van der Waals surface area contributed by atoms with E-state index in [1.165, 1.54) is 0 Å². The maximum absolute atomic E-state index is 12.4. The van der Waals surface area contributed by atoms with Gasteiger partial charge in [0.1, 0.15) is 12.4 Å². The fourth-order valence-corrected chi connectivity index (χ4v) is 2.83. The van der Waals surface area contributed by atoms with E-state index in [1.54, 1.807) is 17.3 Å². The van der Waals surface area contributed by atoms with E-state index >= 15 is 0 Å². The van der Waals surface area contributed by atoms with E-state index < -0.39 is 0 Å². The molecular formula is C19H23N3O3. The third-order valence-corrected chi connectivity index (χ3v) is 3.94. The summed E-state index contributed by atoms with van der Waals surface area (Å²) in [7, 11) is 0. The molecule has 3 rings (SSSR count). The van der Waals surface area contributed by atoms with Crippen molar-refractivity contribution in [2.75, 3.05) is 18.4 Å². The summed E-state index contributed by atoms with van der Waals surface area (Å²) in [6, 6.07) is 11.1. The largest absolute Gasteiger partial charge is 0.489 e. The maximum Gasteiger partial charge on any atom is 0.322 e. The molecule has 0 saturated carbocycles. The Labute approximate surface area is 147 Å². The van der Waals surface area contributed by atoms with Crippen molar-refractivity contribution in [2.24, 2.45) is 0 Å². The molecule has 25 heavy (non-hydrogen) atoms. The van der Waals surface area contributed by atoms with Crippen molar-refractivity contribution in [3.63, 3.8) is 0 Å². The van der Waals surface area contributed by atoms with Crippen molar-refractivity contribution in [3.8, 4) is 5.75 Å². The topological polar surface area (TPSA) is 63.7 Å². The van der Waals surface area contributed by atoms with E-state index in [0.717, 1.165) is 17.0 Å². The molecule has 1 saturated heterocycles. The summed E-state index contributed by atoms with van der Waals surface area (Å²) in [6.45, 7) is 5.61. The molecule has 2 amide bonds. The summed E-state index contributed by atoms with van der Waals surface area (Å²) in [5, 5.41) is 2.92. The Morgan fingerprint density at radius 3 is 2.60 bits per heavy atom. The fraction of sp³-hybridized carbons (Fsp3) is 0.368. The standard InChI is InChI=1S/C19H23N3O3/c1-14-11-22(12-15(2)25-14)19(23)21-17-5-7-18(8-6-17)24-13-16-4-3-9-20-10-16/h3-10,14-15H,11-13H2,1-2H3,(H,21,23)/t14-,15-/m1/s1. The third-order valence-electron chi connectivity index (χ3n) is 3.94. The molecule has 0 radical (unpaired) electrons. The highest BCUT2D eigenvalue weighted by molar-refractivity contribution is 5.89. The van der Waals surface area contributed by atoms with E-state index in [-0.39, 0.29) is 18.2 Å². The van der Waals surface area contributed by atoms with Gasteiger partial charge in [-0.05, 0) is 44.2 Å². The Morgan fingerprint density at radius 1 is 1.24 bits per heavy atom. The molecule has 2 heterocycles. The number of nitrogens with zero attached hydrogens (tertiary/aromatic N) is 2. The van der Waals surface area contributed by atoms with E-state index in [2.05, 4.69) is 10.3 Å². The first-order valence-corrected chi connectivity index (χ1v) is 8.43. The molecule has 1 N–H and O–H groups in total. The minimum atomic E-state index is -0.106. The van der Waals surface area contributed by atoms with Crippen LogP contribution in [0.15, 0.2) is 48.8 Å². The molecule has 6 heteroatoms. The van der Waals surface area contributed by atoms with Crippen LogP contribution in [0.25, 0.3) is 0 Å². The fourth-order valence-electron chi connectivity index (χ4n) is 2.83. The van der Waals surface area contributed by atoms with E-state index in [0.29, 0.717) is 19.7 Å². The van der Waals surface area contributed by atoms with Gasteiger partial charge in [-0.25, -0.2) is 4.79 Å². The minimum Gasteiger partial charge on any atom is -0.489 e. The minimum absolute atomic E-state index is 0.0535. The molecule has 1 aliphatic rings. The summed E-state index contributed by atoms with van der Waals surface area (Å²) in [5.41, 5.74) is 1.75. The Bertz CT molecular complexity index is 681. The smallest absolute Gasteiger partial charge is 0.322 e. The lowest BCUT2D eigenvalue weighted by Gasteiger charge is -2.35. The van der Waals surface area contributed by atoms with Gasteiger partial charge in [0.15, 0.2) is 0 Å².